The minimum Gasteiger partial charge on any atom is -0.357 e. The Bertz CT molecular complexity index is 1110. The summed E-state index contributed by atoms with van der Waals surface area (Å²) in [5.41, 5.74) is 3.75. The van der Waals surface area contributed by atoms with Crippen LogP contribution in [0.1, 0.15) is 24.5 Å². The number of rotatable bonds is 9. The Kier molecular flexibility index (Phi) is 7.00. The molecule has 0 aliphatic rings. The molecule has 6 heteroatoms. The van der Waals surface area contributed by atoms with Crippen molar-refractivity contribution in [3.8, 4) is 0 Å². The molecule has 0 radical (unpaired) electrons. The first kappa shape index (κ1) is 20.7. The number of nitrogens with one attached hydrogen (secondary N) is 2. The van der Waals surface area contributed by atoms with Crippen LogP contribution in [0.15, 0.2) is 84.5 Å². The van der Waals surface area contributed by atoms with Crippen LogP contribution in [0.2, 0.25) is 0 Å². The third kappa shape index (κ3) is 5.75. The molecule has 0 spiro atoms. The molecule has 0 atom stereocenters. The Hall–Kier alpha value is -3.54. The van der Waals surface area contributed by atoms with Crippen LogP contribution in [-0.2, 0) is 19.6 Å². The highest BCUT2D eigenvalue weighted by atomic mass is 15.2. The van der Waals surface area contributed by atoms with Gasteiger partial charge < -0.3 is 19.8 Å². The number of fused-ring (bicyclic) bond motifs is 1. The lowest BCUT2D eigenvalue weighted by Crippen LogP contribution is -2.38. The van der Waals surface area contributed by atoms with E-state index in [2.05, 4.69) is 92.5 Å². The Labute approximate surface area is 183 Å². The molecule has 31 heavy (non-hydrogen) atoms. The van der Waals surface area contributed by atoms with Crippen molar-refractivity contribution in [3.05, 3.63) is 90.6 Å². The maximum Gasteiger partial charge on any atom is 0.191 e. The Morgan fingerprint density at radius 1 is 1.00 bits per heavy atom. The van der Waals surface area contributed by atoms with Crippen LogP contribution >= 0.6 is 0 Å². The van der Waals surface area contributed by atoms with Crippen molar-refractivity contribution in [2.45, 2.75) is 33.0 Å². The minimum absolute atomic E-state index is 0.648. The summed E-state index contributed by atoms with van der Waals surface area (Å²) >= 11 is 0. The molecule has 0 bridgehead atoms. The summed E-state index contributed by atoms with van der Waals surface area (Å²) in [6.07, 6.45) is 8.83. The van der Waals surface area contributed by atoms with E-state index < -0.39 is 0 Å². The maximum absolute atomic E-state index is 4.77. The molecule has 4 aromatic rings. The van der Waals surface area contributed by atoms with Gasteiger partial charge in [-0.1, -0.05) is 42.5 Å². The molecular formula is C25H30N6. The first-order chi connectivity index (χ1) is 15.3. The second-order valence-corrected chi connectivity index (χ2v) is 7.60. The molecule has 2 aromatic carbocycles. The van der Waals surface area contributed by atoms with E-state index in [-0.39, 0.29) is 0 Å². The Morgan fingerprint density at radius 3 is 2.77 bits per heavy atom. The third-order valence-electron chi connectivity index (χ3n) is 5.23. The SMILES string of the molecule is CCNC(=NCc1cccc(Cn2ccnc2)c1)NCCCn1ccc2ccccc21. The molecule has 4 rings (SSSR count). The minimum atomic E-state index is 0.648. The fraction of sp³-hybridized carbons (Fsp3) is 0.280. The lowest BCUT2D eigenvalue weighted by Gasteiger charge is -2.12. The molecule has 0 aliphatic carbocycles. The maximum atomic E-state index is 4.77. The van der Waals surface area contributed by atoms with Gasteiger partial charge in [-0.25, -0.2) is 9.98 Å². The van der Waals surface area contributed by atoms with E-state index >= 15 is 0 Å². The average Bonchev–Trinajstić information content (AvgIpc) is 3.45. The van der Waals surface area contributed by atoms with Gasteiger partial charge in [-0.15, -0.1) is 0 Å². The van der Waals surface area contributed by atoms with Gasteiger partial charge in [-0.05, 0) is 42.0 Å². The van der Waals surface area contributed by atoms with Crippen LogP contribution < -0.4 is 10.6 Å². The number of guanidine groups is 1. The zero-order chi connectivity index (χ0) is 21.3. The molecule has 2 heterocycles. The van der Waals surface area contributed by atoms with E-state index in [0.29, 0.717) is 6.54 Å². The van der Waals surface area contributed by atoms with Gasteiger partial charge in [0.05, 0.1) is 12.9 Å². The van der Waals surface area contributed by atoms with Crippen molar-refractivity contribution < 1.29 is 0 Å². The van der Waals surface area contributed by atoms with Crippen molar-refractivity contribution >= 4 is 16.9 Å². The van der Waals surface area contributed by atoms with Gasteiger partial charge >= 0.3 is 0 Å². The van der Waals surface area contributed by atoms with Gasteiger partial charge in [-0.2, -0.15) is 0 Å². The lowest BCUT2D eigenvalue weighted by molar-refractivity contribution is 0.641. The molecule has 160 valence electrons. The quantitative estimate of drug-likeness (QED) is 0.247. The molecular weight excluding hydrogens is 384 g/mol. The fourth-order valence-corrected chi connectivity index (χ4v) is 3.72. The van der Waals surface area contributed by atoms with Gasteiger partial charge in [0.25, 0.3) is 0 Å². The lowest BCUT2D eigenvalue weighted by atomic mass is 10.1. The molecule has 6 nitrogen and oxygen atoms in total. The smallest absolute Gasteiger partial charge is 0.191 e. The predicted molar refractivity (Wildman–Crippen MR) is 127 cm³/mol. The van der Waals surface area contributed by atoms with Gasteiger partial charge in [0, 0.05) is 50.3 Å². The summed E-state index contributed by atoms with van der Waals surface area (Å²) in [6, 6.07) is 19.3. The van der Waals surface area contributed by atoms with E-state index in [9.17, 15) is 0 Å². The molecule has 0 fully saturated rings. The highest BCUT2D eigenvalue weighted by molar-refractivity contribution is 5.80. The van der Waals surface area contributed by atoms with E-state index in [0.717, 1.165) is 38.6 Å². The van der Waals surface area contributed by atoms with E-state index in [1.807, 2.05) is 12.5 Å². The number of imidazole rings is 1. The molecule has 2 aromatic heterocycles. The molecule has 2 N–H and O–H groups in total. The second-order valence-electron chi connectivity index (χ2n) is 7.60. The Morgan fingerprint density at radius 2 is 1.90 bits per heavy atom. The van der Waals surface area contributed by atoms with Gasteiger partial charge in [0.15, 0.2) is 5.96 Å². The number of benzene rings is 2. The van der Waals surface area contributed by atoms with Gasteiger partial charge in [-0.3, -0.25) is 0 Å². The second kappa shape index (κ2) is 10.5. The van der Waals surface area contributed by atoms with Crippen molar-refractivity contribution in [2.24, 2.45) is 4.99 Å². The zero-order valence-electron chi connectivity index (χ0n) is 18.0. The number of hydrogen-bond donors (Lipinski definition) is 2. The Balaban J connectivity index is 1.30. The van der Waals surface area contributed by atoms with E-state index in [1.165, 1.54) is 22.0 Å². The summed E-state index contributed by atoms with van der Waals surface area (Å²) in [6.45, 7) is 6.26. The largest absolute Gasteiger partial charge is 0.357 e. The molecule has 0 saturated carbocycles. The normalized spacial score (nSPS) is 11.7. The topological polar surface area (TPSA) is 59.2 Å². The number of hydrogen-bond acceptors (Lipinski definition) is 2. The number of aromatic nitrogens is 3. The summed E-state index contributed by atoms with van der Waals surface area (Å²) in [5.74, 6) is 0.861. The van der Waals surface area contributed by atoms with Crippen molar-refractivity contribution in [1.29, 1.82) is 0 Å². The third-order valence-corrected chi connectivity index (χ3v) is 5.23. The van der Waals surface area contributed by atoms with E-state index in [4.69, 9.17) is 4.99 Å². The fourth-order valence-electron chi connectivity index (χ4n) is 3.72. The first-order valence-corrected chi connectivity index (χ1v) is 10.9. The van der Waals surface area contributed by atoms with Crippen LogP contribution in [0.5, 0.6) is 0 Å². The average molecular weight is 415 g/mol. The van der Waals surface area contributed by atoms with Crippen LogP contribution in [-0.4, -0.2) is 33.2 Å². The zero-order valence-corrected chi connectivity index (χ0v) is 18.0. The summed E-state index contributed by atoms with van der Waals surface area (Å²) in [5, 5.41) is 8.10. The van der Waals surface area contributed by atoms with Crippen LogP contribution in [0.4, 0.5) is 0 Å². The van der Waals surface area contributed by atoms with Crippen LogP contribution in [0, 0.1) is 0 Å². The van der Waals surface area contributed by atoms with Crippen molar-refractivity contribution in [1.82, 2.24) is 24.8 Å². The molecule has 0 amide bonds. The summed E-state index contributed by atoms with van der Waals surface area (Å²) in [4.78, 5) is 8.89. The highest BCUT2D eigenvalue weighted by Crippen LogP contribution is 2.15. The molecule has 0 unspecified atom stereocenters. The van der Waals surface area contributed by atoms with Gasteiger partial charge in [0.1, 0.15) is 0 Å². The van der Waals surface area contributed by atoms with Gasteiger partial charge in [0.2, 0.25) is 0 Å². The first-order valence-electron chi connectivity index (χ1n) is 10.9. The number of aliphatic imine (C=N–C) groups is 1. The summed E-state index contributed by atoms with van der Waals surface area (Å²) in [7, 11) is 0. The predicted octanol–water partition coefficient (Wildman–Crippen LogP) is 4.03. The van der Waals surface area contributed by atoms with Crippen molar-refractivity contribution in [2.75, 3.05) is 13.1 Å². The molecule has 0 aliphatic heterocycles. The van der Waals surface area contributed by atoms with Crippen LogP contribution in [0.25, 0.3) is 10.9 Å². The van der Waals surface area contributed by atoms with Crippen molar-refractivity contribution in [3.63, 3.8) is 0 Å². The monoisotopic (exact) mass is 414 g/mol. The number of nitrogens with zero attached hydrogens (tertiary/aromatic N) is 4. The highest BCUT2D eigenvalue weighted by Gasteiger charge is 2.02. The standard InChI is InChI=1S/C25H30N6/c1-2-27-25(28-12-6-14-31-15-11-23-9-3-4-10-24(23)31)29-18-21-7-5-8-22(17-21)19-30-16-13-26-20-30/h3-5,7-11,13,15-17,20H,2,6,12,14,18-19H2,1H3,(H2,27,28,29). The molecule has 0 saturated heterocycles. The van der Waals surface area contributed by atoms with Crippen LogP contribution in [0.3, 0.4) is 0 Å². The number of para-hydroxylation sites is 1. The summed E-state index contributed by atoms with van der Waals surface area (Å²) < 4.78 is 4.38. The van der Waals surface area contributed by atoms with E-state index in [1.54, 1.807) is 6.20 Å². The number of aryl methyl sites for hydroxylation is 1.